The number of aliphatic hydroxyl groups excluding tert-OH is 2. The molecule has 3 heterocycles. The first kappa shape index (κ1) is 28.0. The number of halogens is 2. The van der Waals surface area contributed by atoms with Gasteiger partial charge in [-0.2, -0.15) is 9.97 Å². The molecule has 23 heteroatoms. The van der Waals surface area contributed by atoms with Crippen molar-refractivity contribution in [3.05, 3.63) is 6.33 Å². The third-order valence-corrected chi connectivity index (χ3v) is 15.0. The Morgan fingerprint density at radius 3 is 2.32 bits per heavy atom. The third-order valence-electron chi connectivity index (χ3n) is 4.38. The van der Waals surface area contributed by atoms with Gasteiger partial charge in [0, 0.05) is 0 Å². The van der Waals surface area contributed by atoms with Crippen molar-refractivity contribution in [2.45, 2.75) is 27.3 Å². The number of alkyl halides is 2. The topological polar surface area (TPSA) is 296 Å². The van der Waals surface area contributed by atoms with Gasteiger partial charge in [-0.15, -0.1) is 0 Å². The van der Waals surface area contributed by atoms with Crippen molar-refractivity contribution in [3.8, 4) is 0 Å². The number of rotatable bonds is 8. The fraction of sp³-hybridized carbons (Fsp3) is 0.545. The van der Waals surface area contributed by atoms with Gasteiger partial charge in [0.15, 0.2) is 17.7 Å². The Morgan fingerprint density at radius 1 is 1.12 bits per heavy atom. The molecule has 2 aromatic rings. The Bertz CT molecular complexity index is 1240. The molecule has 18 nitrogen and oxygen atoms in total. The minimum absolute atomic E-state index is 0.0450. The normalized spacial score (nSPS) is 27.5. The van der Waals surface area contributed by atoms with Crippen molar-refractivity contribution < 1.29 is 57.1 Å². The largest absolute Gasteiger partial charge is 0.479 e. The smallest absolute Gasteiger partial charge is 0.387 e. The summed E-state index contributed by atoms with van der Waals surface area (Å²) in [5.41, 5.74) is 11.4. The molecule has 1 aliphatic heterocycles. The highest BCUT2D eigenvalue weighted by Crippen LogP contribution is 2.81. The Kier molecular flexibility index (Phi) is 7.74. The van der Waals surface area contributed by atoms with Gasteiger partial charge in [0.05, 0.1) is 12.9 Å². The van der Waals surface area contributed by atoms with Crippen molar-refractivity contribution in [3.63, 3.8) is 0 Å². The number of hydrogen-bond acceptors (Lipinski definition) is 13. The van der Waals surface area contributed by atoms with Gasteiger partial charge in [-0.3, -0.25) is 18.2 Å². The highest BCUT2D eigenvalue weighted by molar-refractivity contribution is 9.29. The summed E-state index contributed by atoms with van der Waals surface area (Å²) < 4.78 is 47.8. The number of ether oxygens (including phenoxy) is 1. The molecule has 1 fully saturated rings. The molecule has 10 N–H and O–H groups in total. The highest BCUT2D eigenvalue weighted by atomic mass is 79.9. The number of aromatic nitrogens is 4. The summed E-state index contributed by atoms with van der Waals surface area (Å²) in [5.74, 6) is -0.276. The van der Waals surface area contributed by atoms with E-state index in [9.17, 15) is 33.7 Å². The molecular weight excluding hydrogens is 661 g/mol. The number of phosphoric ester groups is 1. The monoisotopic (exact) mass is 676 g/mol. The lowest BCUT2D eigenvalue weighted by molar-refractivity contribution is -0.0501. The van der Waals surface area contributed by atoms with Crippen LogP contribution in [0, 0.1) is 0 Å². The van der Waals surface area contributed by atoms with E-state index in [1.807, 2.05) is 0 Å². The predicted octanol–water partition coefficient (Wildman–Crippen LogP) is -0.492. The average molecular weight is 678 g/mol. The molecule has 0 aliphatic carbocycles. The Labute approximate surface area is 205 Å². The highest BCUT2D eigenvalue weighted by Gasteiger charge is 2.61. The lowest BCUT2D eigenvalue weighted by Gasteiger charge is -2.27. The molecule has 0 saturated carbocycles. The van der Waals surface area contributed by atoms with E-state index in [4.69, 9.17) is 26.0 Å². The minimum atomic E-state index is -5.59. The van der Waals surface area contributed by atoms with E-state index >= 15 is 0 Å². The third kappa shape index (κ3) is 5.26. The van der Waals surface area contributed by atoms with E-state index in [0.29, 0.717) is 0 Å². The molecule has 2 aromatic heterocycles. The van der Waals surface area contributed by atoms with Gasteiger partial charge in [0.1, 0.15) is 23.8 Å². The fourth-order valence-corrected chi connectivity index (χ4v) is 7.63. The van der Waals surface area contributed by atoms with Gasteiger partial charge in [-0.05, 0) is 31.9 Å². The number of anilines is 2. The first-order chi connectivity index (χ1) is 15.4. The quantitative estimate of drug-likeness (QED) is 0.129. The van der Waals surface area contributed by atoms with Gasteiger partial charge in [0.25, 0.3) is 2.72 Å². The maximum absolute atomic E-state index is 12.2. The van der Waals surface area contributed by atoms with Crippen LogP contribution in [0.2, 0.25) is 0 Å². The summed E-state index contributed by atoms with van der Waals surface area (Å²) in [6.07, 6.45) is -5.03. The minimum Gasteiger partial charge on any atom is -0.387 e. The first-order valence-electron chi connectivity index (χ1n) is 8.60. The van der Waals surface area contributed by atoms with Crippen LogP contribution in [0.5, 0.6) is 0 Å². The summed E-state index contributed by atoms with van der Waals surface area (Å²) in [4.78, 5) is 49.5. The second kappa shape index (κ2) is 9.39. The van der Waals surface area contributed by atoms with Crippen LogP contribution in [0.4, 0.5) is 11.8 Å². The zero-order chi connectivity index (χ0) is 25.9. The number of phosphoric acid groups is 1. The fourth-order valence-electron chi connectivity index (χ4n) is 2.78. The van der Waals surface area contributed by atoms with Gasteiger partial charge < -0.3 is 46.0 Å². The van der Waals surface area contributed by atoms with E-state index < -0.39 is 56.9 Å². The van der Waals surface area contributed by atoms with Gasteiger partial charge in [-0.1, -0.05) is 0 Å². The number of nitrogen functional groups attached to an aromatic ring is 2. The molecule has 2 unspecified atom stereocenters. The van der Waals surface area contributed by atoms with Crippen molar-refractivity contribution >= 4 is 77.8 Å². The maximum atomic E-state index is 12.2. The van der Waals surface area contributed by atoms with Crippen LogP contribution in [0.25, 0.3) is 11.2 Å². The second-order valence-electron chi connectivity index (χ2n) is 6.76. The summed E-state index contributed by atoms with van der Waals surface area (Å²) >= 11 is 4.53. The summed E-state index contributed by atoms with van der Waals surface area (Å²) in [7, 11) is -16.5. The Hall–Kier alpha value is -0.560. The number of nitrogens with two attached hydrogens (primary N) is 2. The average Bonchev–Trinajstić information content (AvgIpc) is 3.20. The van der Waals surface area contributed by atoms with Crippen molar-refractivity contribution in [1.82, 2.24) is 19.5 Å². The zero-order valence-corrected chi connectivity index (χ0v) is 22.1. The number of nitrogens with zero attached hydrogens (tertiary/aromatic N) is 4. The molecule has 0 amide bonds. The van der Waals surface area contributed by atoms with Gasteiger partial charge in [0.2, 0.25) is 5.95 Å². The molecule has 192 valence electrons. The van der Waals surface area contributed by atoms with E-state index in [1.54, 1.807) is 0 Å². The van der Waals surface area contributed by atoms with Crippen LogP contribution < -0.4 is 11.5 Å². The summed E-state index contributed by atoms with van der Waals surface area (Å²) in [5, 5.41) is 20.6. The van der Waals surface area contributed by atoms with E-state index in [-0.39, 0.29) is 22.9 Å². The van der Waals surface area contributed by atoms with Crippen LogP contribution >= 0.6 is 54.9 Å². The summed E-state index contributed by atoms with van der Waals surface area (Å²) in [6, 6.07) is 0. The molecule has 34 heavy (non-hydrogen) atoms. The second-order valence-corrected chi connectivity index (χ2v) is 18.3. The molecule has 0 aromatic carbocycles. The molecular formula is C11H17Br2N6O12P3. The number of fused-ring (bicyclic) bond motifs is 1. The molecule has 1 saturated heterocycles. The van der Waals surface area contributed by atoms with Crippen molar-refractivity contribution in [1.29, 1.82) is 0 Å². The van der Waals surface area contributed by atoms with Crippen LogP contribution in [0.1, 0.15) is 6.23 Å². The van der Waals surface area contributed by atoms with Gasteiger partial charge in [-0.25, -0.2) is 13.9 Å². The molecule has 0 radical (unpaired) electrons. The predicted molar refractivity (Wildman–Crippen MR) is 119 cm³/mol. The first-order valence-corrected chi connectivity index (χ1v) is 14.9. The maximum Gasteiger partial charge on any atom is 0.479 e. The molecule has 0 bridgehead atoms. The SMILES string of the molecule is Nc1nc(N)c2ncn([C@@H]3O[C@H](COP(=O)(O)OP(=O)(O)C(Br)(Br)P(=O)(O)O)[C@@H](O)[C@H]3O)c2n1. The van der Waals surface area contributed by atoms with Crippen LogP contribution in [-0.2, 0) is 27.3 Å². The number of imidazole rings is 1. The van der Waals surface area contributed by atoms with E-state index in [2.05, 4.69) is 55.6 Å². The van der Waals surface area contributed by atoms with Crippen LogP contribution in [0.3, 0.4) is 0 Å². The number of aliphatic hydroxyl groups is 2. The number of hydrogen-bond donors (Lipinski definition) is 8. The van der Waals surface area contributed by atoms with E-state index in [1.165, 1.54) is 4.57 Å². The van der Waals surface area contributed by atoms with Crippen LogP contribution in [0.15, 0.2) is 6.33 Å². The van der Waals surface area contributed by atoms with Crippen molar-refractivity contribution in [2.75, 3.05) is 18.1 Å². The summed E-state index contributed by atoms with van der Waals surface area (Å²) in [6.45, 7) is -0.970. The lowest BCUT2D eigenvalue weighted by Crippen LogP contribution is -2.33. The zero-order valence-electron chi connectivity index (χ0n) is 16.3. The Balaban J connectivity index is 1.75. The Morgan fingerprint density at radius 2 is 1.74 bits per heavy atom. The van der Waals surface area contributed by atoms with E-state index in [0.717, 1.165) is 6.33 Å². The van der Waals surface area contributed by atoms with Crippen molar-refractivity contribution in [2.24, 2.45) is 0 Å². The molecule has 0 spiro atoms. The van der Waals surface area contributed by atoms with Gasteiger partial charge >= 0.3 is 23.0 Å². The lowest BCUT2D eigenvalue weighted by atomic mass is 10.1. The van der Waals surface area contributed by atoms with Crippen LogP contribution in [-0.4, -0.2) is 76.9 Å². The standard InChI is InChI=1S/C11H17Br2N6O12P3/c12-11(13,32(22,23)24)33(25,26)31-34(27,28)29-1-3-5(20)6(21)9(30-3)19-2-16-4-7(14)17-10(15)18-8(4)19/h2-3,5-6,9,20-21H,1H2,(H,25,26)(H,27,28)(H2,22,23,24)(H4,14,15,17,18)/t3-,5-,6-,9-/m1/s1. The molecule has 6 atom stereocenters. The molecule has 3 rings (SSSR count). The molecule has 1 aliphatic rings.